The van der Waals surface area contributed by atoms with Gasteiger partial charge in [0.2, 0.25) is 0 Å². The Morgan fingerprint density at radius 1 is 0.963 bits per heavy atom. The molecule has 0 aliphatic carbocycles. The standard InChI is InChI=1S/C20H16F3N3O/c21-15-6-4-13(5-7-15)8-9-25-16-10-14(11-24-12-16)20(27)26-19-17(22)2-1-3-18(19)23/h1-7,10-12,25H,8-9H2,(H,26,27). The largest absolute Gasteiger partial charge is 0.383 e. The van der Waals surface area contributed by atoms with Gasteiger partial charge in [-0.05, 0) is 42.3 Å². The zero-order chi connectivity index (χ0) is 19.2. The van der Waals surface area contributed by atoms with E-state index in [0.29, 0.717) is 18.7 Å². The van der Waals surface area contributed by atoms with E-state index in [1.807, 2.05) is 0 Å². The van der Waals surface area contributed by atoms with Gasteiger partial charge in [0.05, 0.1) is 11.3 Å². The van der Waals surface area contributed by atoms with Gasteiger partial charge in [0.15, 0.2) is 0 Å². The minimum absolute atomic E-state index is 0.157. The second kappa shape index (κ2) is 8.35. The quantitative estimate of drug-likeness (QED) is 0.675. The first-order chi connectivity index (χ1) is 13.0. The van der Waals surface area contributed by atoms with Crippen LogP contribution in [0.5, 0.6) is 0 Å². The van der Waals surface area contributed by atoms with Gasteiger partial charge in [0.1, 0.15) is 23.1 Å². The van der Waals surface area contributed by atoms with E-state index in [4.69, 9.17) is 0 Å². The number of nitrogens with zero attached hydrogens (tertiary/aromatic N) is 1. The number of halogens is 3. The molecule has 0 saturated carbocycles. The molecule has 27 heavy (non-hydrogen) atoms. The number of carbonyl (C=O) groups is 1. The molecule has 0 aliphatic rings. The zero-order valence-electron chi connectivity index (χ0n) is 14.2. The number of anilines is 2. The van der Waals surface area contributed by atoms with Crippen LogP contribution in [0.4, 0.5) is 24.5 Å². The number of hydrogen-bond donors (Lipinski definition) is 2. The number of aromatic nitrogens is 1. The smallest absolute Gasteiger partial charge is 0.257 e. The molecule has 0 spiro atoms. The molecule has 0 radical (unpaired) electrons. The molecule has 2 N–H and O–H groups in total. The Morgan fingerprint density at radius 3 is 2.37 bits per heavy atom. The lowest BCUT2D eigenvalue weighted by Crippen LogP contribution is -2.15. The fraction of sp³-hybridized carbons (Fsp3) is 0.100. The number of pyridine rings is 1. The topological polar surface area (TPSA) is 54.0 Å². The summed E-state index contributed by atoms with van der Waals surface area (Å²) in [6.07, 6.45) is 3.49. The van der Waals surface area contributed by atoms with E-state index in [2.05, 4.69) is 15.6 Å². The van der Waals surface area contributed by atoms with Crippen molar-refractivity contribution in [3.8, 4) is 0 Å². The van der Waals surface area contributed by atoms with Crippen molar-refractivity contribution in [3.05, 3.63) is 89.5 Å². The number of nitrogens with one attached hydrogen (secondary N) is 2. The van der Waals surface area contributed by atoms with Crippen LogP contribution in [0.1, 0.15) is 15.9 Å². The summed E-state index contributed by atoms with van der Waals surface area (Å²) in [6.45, 7) is 0.542. The second-order valence-electron chi connectivity index (χ2n) is 5.82. The van der Waals surface area contributed by atoms with Crippen molar-refractivity contribution in [3.63, 3.8) is 0 Å². The number of benzene rings is 2. The fourth-order valence-electron chi connectivity index (χ4n) is 2.47. The monoisotopic (exact) mass is 371 g/mol. The van der Waals surface area contributed by atoms with E-state index in [-0.39, 0.29) is 11.4 Å². The van der Waals surface area contributed by atoms with E-state index in [0.717, 1.165) is 17.7 Å². The summed E-state index contributed by atoms with van der Waals surface area (Å²) in [4.78, 5) is 16.2. The maximum Gasteiger partial charge on any atom is 0.257 e. The van der Waals surface area contributed by atoms with E-state index in [1.54, 1.807) is 12.1 Å². The fourth-order valence-corrected chi connectivity index (χ4v) is 2.47. The van der Waals surface area contributed by atoms with Gasteiger partial charge in [0.25, 0.3) is 5.91 Å². The average Bonchev–Trinajstić information content (AvgIpc) is 2.66. The number of para-hydroxylation sites is 1. The van der Waals surface area contributed by atoms with E-state index in [9.17, 15) is 18.0 Å². The molecule has 0 saturated heterocycles. The molecule has 0 bridgehead atoms. The molecule has 1 heterocycles. The summed E-state index contributed by atoms with van der Waals surface area (Å²) in [5.41, 5.74) is 1.20. The van der Waals surface area contributed by atoms with Gasteiger partial charge in [-0.1, -0.05) is 18.2 Å². The second-order valence-corrected chi connectivity index (χ2v) is 5.82. The van der Waals surface area contributed by atoms with E-state index in [1.165, 1.54) is 36.7 Å². The number of hydrogen-bond acceptors (Lipinski definition) is 3. The first kappa shape index (κ1) is 18.4. The van der Waals surface area contributed by atoms with Crippen LogP contribution in [0.15, 0.2) is 60.9 Å². The predicted molar refractivity (Wildman–Crippen MR) is 97.1 cm³/mol. The van der Waals surface area contributed by atoms with Crippen molar-refractivity contribution < 1.29 is 18.0 Å². The zero-order valence-corrected chi connectivity index (χ0v) is 14.2. The molecule has 3 aromatic rings. The van der Waals surface area contributed by atoms with Crippen molar-refractivity contribution in [2.45, 2.75) is 6.42 Å². The molecule has 4 nitrogen and oxygen atoms in total. The first-order valence-corrected chi connectivity index (χ1v) is 8.21. The molecule has 0 aliphatic heterocycles. The molecule has 7 heteroatoms. The third-order valence-electron chi connectivity index (χ3n) is 3.86. The van der Waals surface area contributed by atoms with Gasteiger partial charge in [-0.15, -0.1) is 0 Å². The third-order valence-corrected chi connectivity index (χ3v) is 3.86. The lowest BCUT2D eigenvalue weighted by atomic mass is 10.1. The Kier molecular flexibility index (Phi) is 5.71. The SMILES string of the molecule is O=C(Nc1c(F)cccc1F)c1cncc(NCCc2ccc(F)cc2)c1. The lowest BCUT2D eigenvalue weighted by molar-refractivity contribution is 0.102. The summed E-state index contributed by atoms with van der Waals surface area (Å²) in [6, 6.07) is 11.0. The summed E-state index contributed by atoms with van der Waals surface area (Å²) >= 11 is 0. The van der Waals surface area contributed by atoms with E-state index >= 15 is 0 Å². The first-order valence-electron chi connectivity index (χ1n) is 8.21. The van der Waals surface area contributed by atoms with Crippen molar-refractivity contribution in [1.29, 1.82) is 0 Å². The molecule has 1 aromatic heterocycles. The van der Waals surface area contributed by atoms with Crippen molar-refractivity contribution in [2.75, 3.05) is 17.2 Å². The van der Waals surface area contributed by atoms with Crippen LogP contribution in [0, 0.1) is 17.5 Å². The minimum Gasteiger partial charge on any atom is -0.383 e. The number of amides is 1. The Morgan fingerprint density at radius 2 is 1.67 bits per heavy atom. The lowest BCUT2D eigenvalue weighted by Gasteiger charge is -2.10. The normalized spacial score (nSPS) is 10.5. The number of rotatable bonds is 6. The van der Waals surface area contributed by atoms with Crippen molar-refractivity contribution in [2.24, 2.45) is 0 Å². The minimum atomic E-state index is -0.857. The molecule has 0 atom stereocenters. The number of carbonyl (C=O) groups excluding carboxylic acids is 1. The van der Waals surface area contributed by atoms with Crippen LogP contribution >= 0.6 is 0 Å². The molecule has 138 valence electrons. The molecular weight excluding hydrogens is 355 g/mol. The molecular formula is C20H16F3N3O. The van der Waals surface area contributed by atoms with Crippen LogP contribution in [-0.2, 0) is 6.42 Å². The van der Waals surface area contributed by atoms with Crippen LogP contribution in [-0.4, -0.2) is 17.4 Å². The Labute approximate surface area is 154 Å². The molecule has 0 fully saturated rings. The van der Waals surface area contributed by atoms with Crippen LogP contribution in [0.2, 0.25) is 0 Å². The highest BCUT2D eigenvalue weighted by molar-refractivity contribution is 6.04. The Hall–Kier alpha value is -3.35. The van der Waals surface area contributed by atoms with Gasteiger partial charge in [-0.3, -0.25) is 9.78 Å². The maximum atomic E-state index is 13.7. The molecule has 1 amide bonds. The summed E-state index contributed by atoms with van der Waals surface area (Å²) in [5.74, 6) is -2.68. The molecule has 2 aromatic carbocycles. The molecule has 3 rings (SSSR count). The summed E-state index contributed by atoms with van der Waals surface area (Å²) in [7, 11) is 0. The van der Waals surface area contributed by atoms with Gasteiger partial charge < -0.3 is 10.6 Å². The third kappa shape index (κ3) is 4.84. The highest BCUT2D eigenvalue weighted by atomic mass is 19.1. The Balaban J connectivity index is 1.62. The van der Waals surface area contributed by atoms with Crippen molar-refractivity contribution in [1.82, 2.24) is 4.98 Å². The van der Waals surface area contributed by atoms with Crippen LogP contribution in [0.25, 0.3) is 0 Å². The maximum absolute atomic E-state index is 13.7. The van der Waals surface area contributed by atoms with Gasteiger partial charge in [-0.25, -0.2) is 13.2 Å². The highest BCUT2D eigenvalue weighted by Gasteiger charge is 2.14. The molecule has 0 unspecified atom stereocenters. The van der Waals surface area contributed by atoms with Crippen molar-refractivity contribution >= 4 is 17.3 Å². The Bertz CT molecular complexity index is 925. The van der Waals surface area contributed by atoms with Gasteiger partial charge >= 0.3 is 0 Å². The average molecular weight is 371 g/mol. The van der Waals surface area contributed by atoms with E-state index < -0.39 is 23.2 Å². The van der Waals surface area contributed by atoms with Gasteiger partial charge in [0, 0.05) is 18.9 Å². The predicted octanol–water partition coefficient (Wildman–Crippen LogP) is 4.41. The van der Waals surface area contributed by atoms with Gasteiger partial charge in [-0.2, -0.15) is 0 Å². The van der Waals surface area contributed by atoms with Crippen LogP contribution < -0.4 is 10.6 Å². The highest BCUT2D eigenvalue weighted by Crippen LogP contribution is 2.19. The summed E-state index contributed by atoms with van der Waals surface area (Å²) in [5, 5.41) is 5.32. The summed E-state index contributed by atoms with van der Waals surface area (Å²) < 4.78 is 40.2. The van der Waals surface area contributed by atoms with Crippen LogP contribution in [0.3, 0.4) is 0 Å².